The average Bonchev–Trinajstić information content (AvgIpc) is 3.03. The van der Waals surface area contributed by atoms with Crippen molar-refractivity contribution in [2.45, 2.75) is 71.6 Å². The highest BCUT2D eigenvalue weighted by molar-refractivity contribution is 6.74. The quantitative estimate of drug-likeness (QED) is 0.117. The summed E-state index contributed by atoms with van der Waals surface area (Å²) < 4.78 is 25.0. The maximum atomic E-state index is 14.3. The summed E-state index contributed by atoms with van der Waals surface area (Å²) in [5.74, 6) is 7.04. The van der Waals surface area contributed by atoms with Crippen LogP contribution in [0.15, 0.2) is 47.5 Å². The van der Waals surface area contributed by atoms with Gasteiger partial charge in [-0.3, -0.25) is 4.79 Å². The molecule has 2 heterocycles. The lowest BCUT2D eigenvalue weighted by Crippen LogP contribution is -2.45. The van der Waals surface area contributed by atoms with Crippen molar-refractivity contribution < 1.29 is 23.4 Å². The minimum atomic E-state index is -2.17. The predicted octanol–water partition coefficient (Wildman–Crippen LogP) is 5.90. The lowest BCUT2D eigenvalue weighted by atomic mass is 9.95. The van der Waals surface area contributed by atoms with Gasteiger partial charge in [-0.2, -0.15) is 4.98 Å². The van der Waals surface area contributed by atoms with Crippen LogP contribution in [0.4, 0.5) is 11.8 Å². The molecule has 0 bridgehead atoms. The zero-order valence-electron chi connectivity index (χ0n) is 30.1. The van der Waals surface area contributed by atoms with Crippen molar-refractivity contribution in [1.29, 1.82) is 0 Å². The summed E-state index contributed by atoms with van der Waals surface area (Å²) in [7, 11) is 0.953. The molecular formula is C37H47N5O6Si. The maximum Gasteiger partial charge on any atom is 0.343 e. The van der Waals surface area contributed by atoms with Crippen LogP contribution in [-0.2, 0) is 21.1 Å². The molecule has 0 amide bonds. The van der Waals surface area contributed by atoms with Gasteiger partial charge in [0.15, 0.2) is 19.8 Å². The number of carbonyl (C=O) groups is 1. The molecule has 0 spiro atoms. The number of nitrogens with two attached hydrogens (primary N) is 2. The molecule has 4 N–H and O–H groups in total. The third kappa shape index (κ3) is 7.90. The van der Waals surface area contributed by atoms with E-state index in [2.05, 4.69) is 55.7 Å². The van der Waals surface area contributed by atoms with Gasteiger partial charge in [0.2, 0.25) is 11.4 Å². The minimum absolute atomic E-state index is 0.0248. The number of aromatic nitrogens is 3. The summed E-state index contributed by atoms with van der Waals surface area (Å²) in [5, 5.41) is 0.301. The molecule has 11 nitrogen and oxygen atoms in total. The first-order valence-electron chi connectivity index (χ1n) is 16.1. The Kier molecular flexibility index (Phi) is 10.8. The van der Waals surface area contributed by atoms with E-state index in [1.165, 1.54) is 6.20 Å². The molecule has 260 valence electrons. The fourth-order valence-electron chi connectivity index (χ4n) is 5.14. The van der Waals surface area contributed by atoms with Crippen LogP contribution in [0.3, 0.4) is 0 Å². The lowest BCUT2D eigenvalue weighted by molar-refractivity contribution is 0.0523. The number of hydrogen-bond donors (Lipinski definition) is 2. The number of nitrogens with zero attached hydrogens (tertiary/aromatic N) is 3. The van der Waals surface area contributed by atoms with Crippen LogP contribution >= 0.6 is 0 Å². The smallest absolute Gasteiger partial charge is 0.343 e. The number of methoxy groups -OCH3 is 2. The average molecular weight is 686 g/mol. The van der Waals surface area contributed by atoms with Crippen LogP contribution in [0.1, 0.15) is 74.2 Å². The Morgan fingerprint density at radius 3 is 2.35 bits per heavy atom. The van der Waals surface area contributed by atoms with Crippen molar-refractivity contribution in [2.24, 2.45) is 0 Å². The Labute approximate surface area is 289 Å². The number of ether oxygens (including phenoxy) is 3. The van der Waals surface area contributed by atoms with Crippen molar-refractivity contribution in [3.8, 4) is 23.3 Å². The summed E-state index contributed by atoms with van der Waals surface area (Å²) in [6.07, 6.45) is 3.28. The molecule has 49 heavy (non-hydrogen) atoms. The number of nitrogen functional groups attached to an aromatic ring is 2. The van der Waals surface area contributed by atoms with E-state index in [1.807, 2.05) is 42.7 Å². The molecule has 0 saturated heterocycles. The van der Waals surface area contributed by atoms with Gasteiger partial charge in [0.05, 0.1) is 49.4 Å². The first-order chi connectivity index (χ1) is 22.9. The number of anilines is 2. The number of pyridine rings is 1. The number of para-hydroxylation sites is 1. The molecule has 2 aromatic heterocycles. The molecule has 0 radical (unpaired) electrons. The van der Waals surface area contributed by atoms with Crippen LogP contribution in [-0.4, -0.2) is 56.3 Å². The van der Waals surface area contributed by atoms with Gasteiger partial charge in [-0.05, 0) is 68.7 Å². The number of benzene rings is 2. The van der Waals surface area contributed by atoms with E-state index in [4.69, 9.17) is 30.1 Å². The fourth-order valence-corrected chi connectivity index (χ4v) is 6.29. The SMILES string of the molecule is CCOC(=O)c1cn(C(C)(C)CO[Si](C)(C)C(C)(C)C)c2cc(C#Cc3cccc(OC)c3OC)cc(Cc3cnc(N)nc3N)c2c1=O. The van der Waals surface area contributed by atoms with E-state index in [9.17, 15) is 9.59 Å². The predicted molar refractivity (Wildman–Crippen MR) is 196 cm³/mol. The number of rotatable bonds is 10. The number of carbonyl (C=O) groups excluding carboxylic acids is 1. The fraction of sp³-hybridized carbons (Fsp3) is 0.405. The Hall–Kier alpha value is -4.86. The van der Waals surface area contributed by atoms with Gasteiger partial charge in [-0.25, -0.2) is 9.78 Å². The van der Waals surface area contributed by atoms with Crippen molar-refractivity contribution in [3.63, 3.8) is 0 Å². The van der Waals surface area contributed by atoms with Gasteiger partial charge < -0.3 is 34.7 Å². The van der Waals surface area contributed by atoms with E-state index in [0.717, 1.165) is 0 Å². The molecule has 12 heteroatoms. The molecule has 4 aromatic rings. The van der Waals surface area contributed by atoms with Crippen molar-refractivity contribution in [1.82, 2.24) is 14.5 Å². The summed E-state index contributed by atoms with van der Waals surface area (Å²) in [6.45, 7) is 17.1. The third-order valence-corrected chi connectivity index (χ3v) is 13.4. The monoisotopic (exact) mass is 685 g/mol. The van der Waals surface area contributed by atoms with Gasteiger partial charge in [-0.1, -0.05) is 38.7 Å². The molecule has 0 unspecified atom stereocenters. The van der Waals surface area contributed by atoms with Gasteiger partial charge >= 0.3 is 5.97 Å². The molecule has 4 rings (SSSR count). The van der Waals surface area contributed by atoms with Gasteiger partial charge in [-0.15, -0.1) is 0 Å². The first kappa shape index (κ1) is 37.0. The number of fused-ring (bicyclic) bond motifs is 1. The molecular weight excluding hydrogens is 639 g/mol. The summed E-state index contributed by atoms with van der Waals surface area (Å²) in [4.78, 5) is 35.8. The standard InChI is InChI=1S/C37H47N5O6Si/c1-11-47-34(44)27-21-42(37(5,6)22-48-49(9,10)36(2,3)4)28-18-23(15-16-24-13-12-14-29(45-7)32(24)46-8)17-25(30(28)31(27)43)19-26-20-40-35(39)41-33(26)38/h12-14,17-18,20-21H,11,19,22H2,1-10H3,(H4,38,39,40,41). The normalized spacial score (nSPS) is 12.0. The molecule has 0 atom stereocenters. The number of hydrogen-bond acceptors (Lipinski definition) is 10. The lowest BCUT2D eigenvalue weighted by Gasteiger charge is -2.40. The van der Waals surface area contributed by atoms with Crippen molar-refractivity contribution >= 4 is 37.0 Å². The van der Waals surface area contributed by atoms with E-state index in [-0.39, 0.29) is 35.4 Å². The molecule has 2 aromatic carbocycles. The van der Waals surface area contributed by atoms with E-state index < -0.39 is 25.3 Å². The van der Waals surface area contributed by atoms with Crippen LogP contribution in [0.5, 0.6) is 11.5 Å². The molecule has 0 aliphatic rings. The van der Waals surface area contributed by atoms with Crippen molar-refractivity contribution in [3.05, 3.63) is 80.8 Å². The summed E-state index contributed by atoms with van der Waals surface area (Å²) in [5.41, 5.74) is 13.7. The second-order valence-electron chi connectivity index (χ2n) is 14.0. The van der Waals surface area contributed by atoms with Crippen LogP contribution in [0.25, 0.3) is 10.9 Å². The van der Waals surface area contributed by atoms with E-state index >= 15 is 0 Å². The van der Waals surface area contributed by atoms with Crippen LogP contribution in [0.2, 0.25) is 18.1 Å². The van der Waals surface area contributed by atoms with Gasteiger partial charge in [0.1, 0.15) is 11.4 Å². The van der Waals surface area contributed by atoms with Gasteiger partial charge in [0, 0.05) is 29.9 Å². The molecule has 0 saturated carbocycles. The second-order valence-corrected chi connectivity index (χ2v) is 18.8. The second kappa shape index (κ2) is 14.3. The highest BCUT2D eigenvalue weighted by Gasteiger charge is 2.39. The topological polar surface area (TPSA) is 154 Å². The molecule has 0 fully saturated rings. The highest BCUT2D eigenvalue weighted by Crippen LogP contribution is 2.38. The first-order valence-corrected chi connectivity index (χ1v) is 19.0. The maximum absolute atomic E-state index is 14.3. The summed E-state index contributed by atoms with van der Waals surface area (Å²) >= 11 is 0. The Morgan fingerprint density at radius 1 is 1.02 bits per heavy atom. The minimum Gasteiger partial charge on any atom is -0.493 e. The zero-order valence-corrected chi connectivity index (χ0v) is 31.1. The third-order valence-electron chi connectivity index (χ3n) is 8.97. The Morgan fingerprint density at radius 2 is 1.73 bits per heavy atom. The molecule has 0 aliphatic carbocycles. The van der Waals surface area contributed by atoms with Crippen LogP contribution in [0, 0.1) is 11.8 Å². The Bertz CT molecular complexity index is 2000. The zero-order chi connectivity index (χ0) is 36.3. The summed E-state index contributed by atoms with van der Waals surface area (Å²) in [6, 6.07) is 9.14. The van der Waals surface area contributed by atoms with Crippen LogP contribution < -0.4 is 26.4 Å². The largest absolute Gasteiger partial charge is 0.493 e. The van der Waals surface area contributed by atoms with Crippen molar-refractivity contribution in [2.75, 3.05) is 38.9 Å². The van der Waals surface area contributed by atoms with E-state index in [0.29, 0.717) is 51.3 Å². The molecule has 0 aliphatic heterocycles. The number of esters is 1. The van der Waals surface area contributed by atoms with E-state index in [1.54, 1.807) is 33.4 Å². The highest BCUT2D eigenvalue weighted by atomic mass is 28.4. The Balaban J connectivity index is 2.06. The van der Waals surface area contributed by atoms with Gasteiger partial charge in [0.25, 0.3) is 0 Å².